The number of hydrogen-bond donors (Lipinski definition) is 1. The molecule has 0 radical (unpaired) electrons. The molecule has 0 aromatic heterocycles. The lowest BCUT2D eigenvalue weighted by Crippen LogP contribution is -2.50. The van der Waals surface area contributed by atoms with E-state index in [9.17, 15) is 0 Å². The van der Waals surface area contributed by atoms with Crippen molar-refractivity contribution in [1.29, 1.82) is 0 Å². The summed E-state index contributed by atoms with van der Waals surface area (Å²) in [6.07, 6.45) is 1.46. The molecule has 3 heteroatoms. The number of piperazine rings is 1. The van der Waals surface area contributed by atoms with Gasteiger partial charge in [-0.15, -0.1) is 0 Å². The minimum absolute atomic E-state index is 0.344. The van der Waals surface area contributed by atoms with E-state index in [1.807, 2.05) is 0 Å². The third kappa shape index (κ3) is 2.21. The van der Waals surface area contributed by atoms with E-state index in [0.29, 0.717) is 5.54 Å². The number of rotatable bonds is 2. The third-order valence-electron chi connectivity index (χ3n) is 5.22. The molecule has 0 bridgehead atoms. The molecule has 3 aliphatic rings. The molecule has 3 nitrogen and oxygen atoms in total. The quantitative estimate of drug-likeness (QED) is 0.800. The molecule has 0 amide bonds. The minimum atomic E-state index is 0.344. The molecule has 1 unspecified atom stereocenters. The van der Waals surface area contributed by atoms with Gasteiger partial charge in [0.1, 0.15) is 0 Å². The van der Waals surface area contributed by atoms with Crippen LogP contribution < -0.4 is 5.32 Å². The average molecular weight is 251 g/mol. The standard InChI is InChI=1S/C15H29N3/c1-11-13(10-17-7-5-16-6-8-17)12-9-14(12)18(11)15(2,3)4/h11-14,16H,5-10H2,1-4H3/t11-,12-,13?,14-/m1/s1. The molecule has 3 rings (SSSR count). The van der Waals surface area contributed by atoms with Crippen molar-refractivity contribution in [2.45, 2.75) is 51.7 Å². The predicted molar refractivity (Wildman–Crippen MR) is 75.7 cm³/mol. The van der Waals surface area contributed by atoms with Crippen molar-refractivity contribution >= 4 is 0 Å². The van der Waals surface area contributed by atoms with Gasteiger partial charge in [-0.2, -0.15) is 0 Å². The van der Waals surface area contributed by atoms with E-state index in [-0.39, 0.29) is 0 Å². The molecule has 2 saturated heterocycles. The van der Waals surface area contributed by atoms with Crippen LogP contribution in [-0.2, 0) is 0 Å². The lowest BCUT2D eigenvalue weighted by molar-refractivity contribution is 0.0748. The van der Waals surface area contributed by atoms with Gasteiger partial charge >= 0.3 is 0 Å². The van der Waals surface area contributed by atoms with Crippen LogP contribution in [0.25, 0.3) is 0 Å². The van der Waals surface area contributed by atoms with Gasteiger partial charge in [-0.3, -0.25) is 4.90 Å². The molecule has 4 atom stereocenters. The zero-order valence-electron chi connectivity index (χ0n) is 12.4. The second-order valence-electron chi connectivity index (χ2n) is 7.50. The van der Waals surface area contributed by atoms with Crippen LogP contribution in [0.5, 0.6) is 0 Å². The Kier molecular flexibility index (Phi) is 3.20. The fourth-order valence-electron chi connectivity index (χ4n) is 4.43. The zero-order chi connectivity index (χ0) is 12.9. The normalized spacial score (nSPS) is 42.0. The third-order valence-corrected chi connectivity index (χ3v) is 5.22. The Morgan fingerprint density at radius 2 is 1.83 bits per heavy atom. The highest BCUT2D eigenvalue weighted by atomic mass is 15.3. The van der Waals surface area contributed by atoms with E-state index in [0.717, 1.165) is 23.9 Å². The summed E-state index contributed by atoms with van der Waals surface area (Å²) >= 11 is 0. The van der Waals surface area contributed by atoms with E-state index in [1.165, 1.54) is 39.1 Å². The molecule has 1 N–H and O–H groups in total. The van der Waals surface area contributed by atoms with E-state index in [1.54, 1.807) is 0 Å². The highest BCUT2D eigenvalue weighted by Gasteiger charge is 2.59. The van der Waals surface area contributed by atoms with Gasteiger partial charge in [-0.05, 0) is 46.0 Å². The van der Waals surface area contributed by atoms with Gasteiger partial charge in [-0.25, -0.2) is 0 Å². The van der Waals surface area contributed by atoms with Crippen LogP contribution in [0.2, 0.25) is 0 Å². The largest absolute Gasteiger partial charge is 0.314 e. The van der Waals surface area contributed by atoms with Crippen molar-refractivity contribution in [1.82, 2.24) is 15.1 Å². The van der Waals surface area contributed by atoms with Crippen LogP contribution in [0.4, 0.5) is 0 Å². The highest BCUT2D eigenvalue weighted by Crippen LogP contribution is 2.54. The Hall–Kier alpha value is -0.120. The predicted octanol–water partition coefficient (Wildman–Crippen LogP) is 1.40. The number of nitrogens with one attached hydrogen (secondary N) is 1. The van der Waals surface area contributed by atoms with Crippen LogP contribution in [0, 0.1) is 11.8 Å². The van der Waals surface area contributed by atoms with Crippen LogP contribution in [0.1, 0.15) is 34.1 Å². The molecular formula is C15H29N3. The van der Waals surface area contributed by atoms with E-state index in [2.05, 4.69) is 42.8 Å². The number of piperidine rings is 1. The molecule has 104 valence electrons. The maximum atomic E-state index is 3.45. The number of fused-ring (bicyclic) bond motifs is 1. The molecule has 1 saturated carbocycles. The smallest absolute Gasteiger partial charge is 0.0139 e. The molecule has 1 aliphatic carbocycles. The van der Waals surface area contributed by atoms with Gasteiger partial charge in [0.05, 0.1) is 0 Å². The summed E-state index contributed by atoms with van der Waals surface area (Å²) in [5, 5.41) is 3.45. The van der Waals surface area contributed by atoms with Gasteiger partial charge in [0.15, 0.2) is 0 Å². The molecule has 3 fully saturated rings. The Bertz CT molecular complexity index is 303. The van der Waals surface area contributed by atoms with Gasteiger partial charge in [0, 0.05) is 50.3 Å². The second-order valence-corrected chi connectivity index (χ2v) is 7.50. The first-order valence-corrected chi connectivity index (χ1v) is 7.70. The minimum Gasteiger partial charge on any atom is -0.314 e. The Morgan fingerprint density at radius 3 is 2.39 bits per heavy atom. The first kappa shape index (κ1) is 12.9. The summed E-state index contributed by atoms with van der Waals surface area (Å²) in [7, 11) is 0. The maximum absolute atomic E-state index is 3.45. The Balaban J connectivity index is 1.64. The summed E-state index contributed by atoms with van der Waals surface area (Å²) in [6, 6.07) is 1.66. The van der Waals surface area contributed by atoms with Crippen molar-refractivity contribution in [2.24, 2.45) is 11.8 Å². The molecule has 2 heterocycles. The van der Waals surface area contributed by atoms with Gasteiger partial charge in [0.2, 0.25) is 0 Å². The fraction of sp³-hybridized carbons (Fsp3) is 1.00. The van der Waals surface area contributed by atoms with Crippen molar-refractivity contribution in [3.63, 3.8) is 0 Å². The number of hydrogen-bond acceptors (Lipinski definition) is 3. The molecular weight excluding hydrogens is 222 g/mol. The molecule has 2 aliphatic heterocycles. The van der Waals surface area contributed by atoms with Crippen LogP contribution in [0.15, 0.2) is 0 Å². The number of likely N-dealkylation sites (tertiary alicyclic amines) is 1. The van der Waals surface area contributed by atoms with Crippen LogP contribution in [-0.4, -0.2) is 60.1 Å². The Labute approximate surface area is 112 Å². The van der Waals surface area contributed by atoms with Crippen LogP contribution >= 0.6 is 0 Å². The topological polar surface area (TPSA) is 18.5 Å². The Morgan fingerprint density at radius 1 is 1.17 bits per heavy atom. The second kappa shape index (κ2) is 4.46. The van der Waals surface area contributed by atoms with Crippen molar-refractivity contribution in [2.75, 3.05) is 32.7 Å². The van der Waals surface area contributed by atoms with E-state index >= 15 is 0 Å². The molecule has 0 spiro atoms. The summed E-state index contributed by atoms with van der Waals surface area (Å²) in [6.45, 7) is 15.8. The number of nitrogens with zero attached hydrogens (tertiary/aromatic N) is 2. The van der Waals surface area contributed by atoms with Gasteiger partial charge < -0.3 is 10.2 Å². The van der Waals surface area contributed by atoms with E-state index in [4.69, 9.17) is 0 Å². The van der Waals surface area contributed by atoms with Gasteiger partial charge in [-0.1, -0.05) is 0 Å². The highest BCUT2D eigenvalue weighted by molar-refractivity contribution is 5.12. The molecule has 18 heavy (non-hydrogen) atoms. The monoisotopic (exact) mass is 251 g/mol. The lowest BCUT2D eigenvalue weighted by Gasteiger charge is -2.40. The summed E-state index contributed by atoms with van der Waals surface area (Å²) in [4.78, 5) is 5.48. The molecule has 0 aromatic carbocycles. The maximum Gasteiger partial charge on any atom is 0.0139 e. The first-order valence-electron chi connectivity index (χ1n) is 7.70. The zero-order valence-corrected chi connectivity index (χ0v) is 12.4. The van der Waals surface area contributed by atoms with Crippen molar-refractivity contribution < 1.29 is 0 Å². The fourth-order valence-corrected chi connectivity index (χ4v) is 4.43. The SMILES string of the molecule is C[C@@H]1C(CN2CCNCC2)[C@H]2C[C@H]2N1C(C)(C)C. The van der Waals surface area contributed by atoms with Crippen molar-refractivity contribution in [3.05, 3.63) is 0 Å². The summed E-state index contributed by atoms with van der Waals surface area (Å²) in [5.74, 6) is 1.90. The first-order chi connectivity index (χ1) is 8.48. The van der Waals surface area contributed by atoms with Gasteiger partial charge in [0.25, 0.3) is 0 Å². The molecule has 0 aromatic rings. The van der Waals surface area contributed by atoms with Crippen LogP contribution in [0.3, 0.4) is 0 Å². The summed E-state index contributed by atoms with van der Waals surface area (Å²) < 4.78 is 0. The average Bonchev–Trinajstić information content (AvgIpc) is 3.00. The van der Waals surface area contributed by atoms with E-state index < -0.39 is 0 Å². The lowest BCUT2D eigenvalue weighted by atomic mass is 9.94. The van der Waals surface area contributed by atoms with Crippen molar-refractivity contribution in [3.8, 4) is 0 Å². The summed E-state index contributed by atoms with van der Waals surface area (Å²) in [5.41, 5.74) is 0.344.